The van der Waals surface area contributed by atoms with Crippen LogP contribution in [0.2, 0.25) is 0 Å². The van der Waals surface area contributed by atoms with E-state index < -0.39 is 0 Å². The first-order valence-corrected chi connectivity index (χ1v) is 7.72. The van der Waals surface area contributed by atoms with E-state index in [4.69, 9.17) is 0 Å². The van der Waals surface area contributed by atoms with Gasteiger partial charge in [0.1, 0.15) is 0 Å². The summed E-state index contributed by atoms with van der Waals surface area (Å²) in [6.07, 6.45) is 8.37. The maximum Gasteiger partial charge on any atom is 0.0249 e. The Labute approximate surface area is 107 Å². The fourth-order valence-electron chi connectivity index (χ4n) is 3.96. The van der Waals surface area contributed by atoms with E-state index in [1.54, 1.807) is 0 Å². The first-order chi connectivity index (χ1) is 8.24. The van der Waals surface area contributed by atoms with Gasteiger partial charge < -0.3 is 5.32 Å². The van der Waals surface area contributed by atoms with Crippen molar-refractivity contribution in [1.29, 1.82) is 0 Å². The monoisotopic (exact) mass is 238 g/mol. The molecule has 0 aromatic carbocycles. The van der Waals surface area contributed by atoms with Crippen molar-refractivity contribution < 1.29 is 0 Å². The van der Waals surface area contributed by atoms with E-state index in [1.165, 1.54) is 51.6 Å². The molecule has 0 amide bonds. The molecule has 0 bridgehead atoms. The van der Waals surface area contributed by atoms with Crippen LogP contribution in [0.25, 0.3) is 0 Å². The van der Waals surface area contributed by atoms with Crippen molar-refractivity contribution >= 4 is 0 Å². The Balaban J connectivity index is 1.95. The van der Waals surface area contributed by atoms with Crippen LogP contribution in [0.4, 0.5) is 0 Å². The topological polar surface area (TPSA) is 15.3 Å². The molecule has 1 saturated carbocycles. The summed E-state index contributed by atoms with van der Waals surface area (Å²) in [6, 6.07) is 1.60. The van der Waals surface area contributed by atoms with E-state index in [9.17, 15) is 0 Å². The second-order valence-corrected chi connectivity index (χ2v) is 6.09. The van der Waals surface area contributed by atoms with Gasteiger partial charge in [-0.05, 0) is 50.6 Å². The third-order valence-electron chi connectivity index (χ3n) is 5.38. The number of likely N-dealkylation sites (N-methyl/N-ethyl adjacent to an activating group) is 1. The molecule has 1 aliphatic carbocycles. The minimum absolute atomic E-state index is 0.638. The molecular weight excluding hydrogens is 208 g/mol. The van der Waals surface area contributed by atoms with Crippen molar-refractivity contribution in [3.63, 3.8) is 0 Å². The minimum Gasteiger partial charge on any atom is -0.313 e. The van der Waals surface area contributed by atoms with Crippen molar-refractivity contribution in [2.24, 2.45) is 5.41 Å². The fraction of sp³-hybridized carbons (Fsp3) is 1.00. The Kier molecular flexibility index (Phi) is 4.48. The second kappa shape index (κ2) is 5.71. The van der Waals surface area contributed by atoms with Gasteiger partial charge in [-0.15, -0.1) is 0 Å². The average Bonchev–Trinajstić information content (AvgIpc) is 2.96. The van der Waals surface area contributed by atoms with E-state index in [2.05, 4.69) is 31.0 Å². The van der Waals surface area contributed by atoms with Crippen LogP contribution in [-0.2, 0) is 0 Å². The first kappa shape index (κ1) is 13.4. The van der Waals surface area contributed by atoms with Crippen LogP contribution < -0.4 is 5.32 Å². The van der Waals surface area contributed by atoms with Gasteiger partial charge >= 0.3 is 0 Å². The zero-order valence-electron chi connectivity index (χ0n) is 12.0. The summed E-state index contributed by atoms with van der Waals surface area (Å²) in [4.78, 5) is 2.80. The predicted octanol–water partition coefficient (Wildman–Crippen LogP) is 3.03. The molecule has 0 aromatic heterocycles. The average molecular weight is 238 g/mol. The van der Waals surface area contributed by atoms with Crippen molar-refractivity contribution in [2.75, 3.05) is 19.6 Å². The maximum absolute atomic E-state index is 3.69. The second-order valence-electron chi connectivity index (χ2n) is 6.09. The molecule has 2 unspecified atom stereocenters. The number of nitrogens with zero attached hydrogens (tertiary/aromatic N) is 1. The lowest BCUT2D eigenvalue weighted by molar-refractivity contribution is 0.175. The molecular formula is C15H30N2. The van der Waals surface area contributed by atoms with Crippen molar-refractivity contribution in [2.45, 2.75) is 71.4 Å². The molecule has 2 heteroatoms. The van der Waals surface area contributed by atoms with Gasteiger partial charge in [0.25, 0.3) is 0 Å². The minimum atomic E-state index is 0.638. The molecule has 2 rings (SSSR count). The Hall–Kier alpha value is -0.0800. The zero-order valence-corrected chi connectivity index (χ0v) is 12.0. The summed E-state index contributed by atoms with van der Waals surface area (Å²) in [5, 5.41) is 3.69. The third kappa shape index (κ3) is 2.68. The van der Waals surface area contributed by atoms with Crippen molar-refractivity contribution in [3.8, 4) is 0 Å². The van der Waals surface area contributed by atoms with Gasteiger partial charge in [-0.25, -0.2) is 0 Å². The summed E-state index contributed by atoms with van der Waals surface area (Å²) in [7, 11) is 0. The largest absolute Gasteiger partial charge is 0.313 e. The fourth-order valence-corrected chi connectivity index (χ4v) is 3.96. The molecule has 1 heterocycles. The van der Waals surface area contributed by atoms with E-state index in [0.717, 1.165) is 18.6 Å². The number of hydrogen-bond acceptors (Lipinski definition) is 2. The molecule has 1 N–H and O–H groups in total. The summed E-state index contributed by atoms with van der Waals surface area (Å²) >= 11 is 0. The van der Waals surface area contributed by atoms with Gasteiger partial charge in [0.15, 0.2) is 0 Å². The van der Waals surface area contributed by atoms with E-state index in [1.807, 2.05) is 0 Å². The lowest BCUT2D eigenvalue weighted by Crippen LogP contribution is -2.46. The first-order valence-electron chi connectivity index (χ1n) is 7.72. The van der Waals surface area contributed by atoms with Crippen LogP contribution in [0.1, 0.15) is 59.3 Å². The lowest BCUT2D eigenvalue weighted by atomic mass is 9.82. The summed E-state index contributed by atoms with van der Waals surface area (Å²) in [6.45, 7) is 10.8. The Morgan fingerprint density at radius 3 is 2.53 bits per heavy atom. The van der Waals surface area contributed by atoms with E-state index >= 15 is 0 Å². The van der Waals surface area contributed by atoms with Crippen molar-refractivity contribution in [3.05, 3.63) is 0 Å². The van der Waals surface area contributed by atoms with Gasteiger partial charge in [-0.2, -0.15) is 0 Å². The Morgan fingerprint density at radius 1 is 1.18 bits per heavy atom. The van der Waals surface area contributed by atoms with Crippen LogP contribution in [-0.4, -0.2) is 36.6 Å². The van der Waals surface area contributed by atoms with Crippen molar-refractivity contribution in [1.82, 2.24) is 10.2 Å². The zero-order chi connectivity index (χ0) is 12.3. The molecule has 0 radical (unpaired) electrons. The molecule has 2 aliphatic rings. The van der Waals surface area contributed by atoms with Crippen LogP contribution in [0.3, 0.4) is 0 Å². The molecule has 0 spiro atoms. The van der Waals surface area contributed by atoms with Crippen LogP contribution >= 0.6 is 0 Å². The highest BCUT2D eigenvalue weighted by Gasteiger charge is 2.41. The van der Waals surface area contributed by atoms with Gasteiger partial charge in [0.2, 0.25) is 0 Å². The molecule has 1 aliphatic heterocycles. The summed E-state index contributed by atoms with van der Waals surface area (Å²) in [5.74, 6) is 0. The highest BCUT2D eigenvalue weighted by Crippen LogP contribution is 2.40. The van der Waals surface area contributed by atoms with Crippen LogP contribution in [0.15, 0.2) is 0 Å². The van der Waals surface area contributed by atoms with Crippen LogP contribution in [0, 0.1) is 5.41 Å². The molecule has 17 heavy (non-hydrogen) atoms. The third-order valence-corrected chi connectivity index (χ3v) is 5.38. The van der Waals surface area contributed by atoms with Gasteiger partial charge in [-0.3, -0.25) is 4.90 Å². The Bertz CT molecular complexity index is 235. The number of likely N-dealkylation sites (tertiary alicyclic amines) is 1. The van der Waals surface area contributed by atoms with Gasteiger partial charge in [0, 0.05) is 18.6 Å². The molecule has 1 saturated heterocycles. The standard InChI is InChI=1S/C15H30N2/c1-4-15(5-2)10-11-17(12-15)14-9-7-8-13(14)16-6-3/h13-14,16H,4-12H2,1-3H3. The van der Waals surface area contributed by atoms with E-state index in [-0.39, 0.29) is 0 Å². The quantitative estimate of drug-likeness (QED) is 0.792. The normalized spacial score (nSPS) is 33.4. The molecule has 2 atom stereocenters. The maximum atomic E-state index is 3.69. The van der Waals surface area contributed by atoms with Gasteiger partial charge in [-0.1, -0.05) is 27.2 Å². The van der Waals surface area contributed by atoms with Crippen LogP contribution in [0.5, 0.6) is 0 Å². The number of hydrogen-bond donors (Lipinski definition) is 1. The highest BCUT2D eigenvalue weighted by atomic mass is 15.2. The van der Waals surface area contributed by atoms with Gasteiger partial charge in [0.05, 0.1) is 0 Å². The summed E-state index contributed by atoms with van der Waals surface area (Å²) < 4.78 is 0. The summed E-state index contributed by atoms with van der Waals surface area (Å²) in [5.41, 5.74) is 0.638. The smallest absolute Gasteiger partial charge is 0.0249 e. The molecule has 2 fully saturated rings. The lowest BCUT2D eigenvalue weighted by Gasteiger charge is -2.32. The highest BCUT2D eigenvalue weighted by molar-refractivity contribution is 4.97. The molecule has 2 nitrogen and oxygen atoms in total. The molecule has 100 valence electrons. The SMILES string of the molecule is CCNC1CCCC1N1CCC(CC)(CC)C1. The predicted molar refractivity (Wildman–Crippen MR) is 74.3 cm³/mol. The van der Waals surface area contributed by atoms with E-state index in [0.29, 0.717) is 5.41 Å². The molecule has 0 aromatic rings. The number of nitrogens with one attached hydrogen (secondary N) is 1. The number of rotatable bonds is 5. The Morgan fingerprint density at radius 2 is 1.94 bits per heavy atom.